The first kappa shape index (κ1) is 19.5. The van der Waals surface area contributed by atoms with E-state index in [2.05, 4.69) is 15.3 Å². The SMILES string of the molecule is Cc1nc([C@H](CN)NC(=O)c2ccc(-c3ccc(Cl)c(F)c3)[nH]2)sc1CO. The number of H-pyrrole nitrogens is 1. The summed E-state index contributed by atoms with van der Waals surface area (Å²) in [5, 5.41) is 12.8. The average Bonchev–Trinajstić information content (AvgIpc) is 3.28. The molecule has 2 aromatic heterocycles. The molecule has 27 heavy (non-hydrogen) atoms. The summed E-state index contributed by atoms with van der Waals surface area (Å²) in [6.45, 7) is 1.86. The second kappa shape index (κ2) is 8.18. The summed E-state index contributed by atoms with van der Waals surface area (Å²) in [5.41, 5.74) is 7.99. The number of carbonyl (C=O) groups is 1. The van der Waals surface area contributed by atoms with Crippen LogP contribution in [0.25, 0.3) is 11.3 Å². The fourth-order valence-electron chi connectivity index (χ4n) is 2.56. The van der Waals surface area contributed by atoms with E-state index in [-0.39, 0.29) is 24.1 Å². The molecule has 6 nitrogen and oxygen atoms in total. The number of aryl methyl sites for hydroxylation is 1. The lowest BCUT2D eigenvalue weighted by Gasteiger charge is -2.13. The number of hydrogen-bond acceptors (Lipinski definition) is 5. The van der Waals surface area contributed by atoms with Crippen molar-refractivity contribution in [3.05, 3.63) is 62.4 Å². The molecule has 1 atom stereocenters. The Balaban J connectivity index is 1.77. The number of aliphatic hydroxyl groups excluding tert-OH is 1. The lowest BCUT2D eigenvalue weighted by Crippen LogP contribution is -2.33. The third-order valence-electron chi connectivity index (χ3n) is 4.05. The Morgan fingerprint density at radius 1 is 1.44 bits per heavy atom. The summed E-state index contributed by atoms with van der Waals surface area (Å²) in [4.78, 5) is 20.6. The van der Waals surface area contributed by atoms with E-state index in [1.807, 2.05) is 0 Å². The molecule has 5 N–H and O–H groups in total. The van der Waals surface area contributed by atoms with Crippen LogP contribution in [0, 0.1) is 12.7 Å². The van der Waals surface area contributed by atoms with Crippen LogP contribution < -0.4 is 11.1 Å². The number of rotatable bonds is 6. The molecular weight excluding hydrogens is 391 g/mol. The maximum atomic E-state index is 13.6. The highest BCUT2D eigenvalue weighted by Gasteiger charge is 2.20. The molecule has 0 aliphatic rings. The highest BCUT2D eigenvalue weighted by atomic mass is 35.5. The first-order chi connectivity index (χ1) is 12.9. The van der Waals surface area contributed by atoms with Crippen LogP contribution in [0.1, 0.15) is 32.1 Å². The number of aromatic nitrogens is 2. The second-order valence-electron chi connectivity index (χ2n) is 5.90. The zero-order valence-corrected chi connectivity index (χ0v) is 16.0. The summed E-state index contributed by atoms with van der Waals surface area (Å²) in [7, 11) is 0. The lowest BCUT2D eigenvalue weighted by atomic mass is 10.1. The summed E-state index contributed by atoms with van der Waals surface area (Å²) < 4.78 is 13.6. The molecule has 3 aromatic rings. The van der Waals surface area contributed by atoms with Crippen LogP contribution in [-0.4, -0.2) is 27.5 Å². The number of hydrogen-bond donors (Lipinski definition) is 4. The Morgan fingerprint density at radius 3 is 2.85 bits per heavy atom. The Kier molecular flexibility index (Phi) is 5.91. The molecule has 0 spiro atoms. The minimum Gasteiger partial charge on any atom is -0.391 e. The molecule has 0 saturated carbocycles. The standard InChI is InChI=1S/C18H18ClFN4O2S/c1-9-16(8-25)27-18(22-9)15(7-21)24-17(26)14-5-4-13(23-14)10-2-3-11(19)12(20)6-10/h2-6,15,23,25H,7-8,21H2,1H3,(H,24,26)/t15-/m0/s1. The van der Waals surface area contributed by atoms with Crippen LogP contribution in [0.4, 0.5) is 4.39 Å². The average molecular weight is 409 g/mol. The summed E-state index contributed by atoms with van der Waals surface area (Å²) in [6, 6.07) is 7.25. The topological polar surface area (TPSA) is 104 Å². The van der Waals surface area contributed by atoms with Crippen LogP contribution in [0.15, 0.2) is 30.3 Å². The quantitative estimate of drug-likeness (QED) is 0.503. The number of benzene rings is 1. The molecule has 0 saturated heterocycles. The highest BCUT2D eigenvalue weighted by molar-refractivity contribution is 7.11. The van der Waals surface area contributed by atoms with Crippen molar-refractivity contribution in [1.82, 2.24) is 15.3 Å². The number of halogens is 2. The zero-order chi connectivity index (χ0) is 19.6. The monoisotopic (exact) mass is 408 g/mol. The highest BCUT2D eigenvalue weighted by Crippen LogP contribution is 2.25. The summed E-state index contributed by atoms with van der Waals surface area (Å²) >= 11 is 7.01. The van der Waals surface area contributed by atoms with Gasteiger partial charge in [-0.05, 0) is 31.2 Å². The molecule has 142 valence electrons. The van der Waals surface area contributed by atoms with Crippen LogP contribution in [0.5, 0.6) is 0 Å². The second-order valence-corrected chi connectivity index (χ2v) is 7.42. The number of carbonyl (C=O) groups excluding carboxylic acids is 1. The first-order valence-corrected chi connectivity index (χ1v) is 9.34. The maximum Gasteiger partial charge on any atom is 0.268 e. The van der Waals surface area contributed by atoms with E-state index in [9.17, 15) is 14.3 Å². The van der Waals surface area contributed by atoms with Crippen molar-refractivity contribution < 1.29 is 14.3 Å². The molecule has 0 bridgehead atoms. The first-order valence-electron chi connectivity index (χ1n) is 8.15. The number of nitrogens with zero attached hydrogens (tertiary/aromatic N) is 1. The fourth-order valence-corrected chi connectivity index (χ4v) is 3.67. The van der Waals surface area contributed by atoms with Crippen molar-refractivity contribution in [3.63, 3.8) is 0 Å². The molecule has 0 aliphatic heterocycles. The van der Waals surface area contributed by atoms with Gasteiger partial charge in [0.2, 0.25) is 0 Å². The van der Waals surface area contributed by atoms with Gasteiger partial charge in [0.15, 0.2) is 0 Å². The van der Waals surface area contributed by atoms with E-state index < -0.39 is 11.9 Å². The van der Waals surface area contributed by atoms with E-state index in [1.54, 1.807) is 25.1 Å². The predicted octanol–water partition coefficient (Wildman–Crippen LogP) is 3.16. The van der Waals surface area contributed by atoms with E-state index >= 15 is 0 Å². The van der Waals surface area contributed by atoms with Gasteiger partial charge in [0.05, 0.1) is 28.2 Å². The molecule has 1 amide bonds. The van der Waals surface area contributed by atoms with Crippen molar-refractivity contribution >= 4 is 28.8 Å². The zero-order valence-electron chi connectivity index (χ0n) is 14.4. The maximum absolute atomic E-state index is 13.6. The molecule has 9 heteroatoms. The van der Waals surface area contributed by atoms with Crippen molar-refractivity contribution in [1.29, 1.82) is 0 Å². The van der Waals surface area contributed by atoms with Gasteiger partial charge in [0.25, 0.3) is 5.91 Å². The van der Waals surface area contributed by atoms with Crippen LogP contribution in [0.2, 0.25) is 5.02 Å². The van der Waals surface area contributed by atoms with E-state index in [0.29, 0.717) is 22.0 Å². The predicted molar refractivity (Wildman–Crippen MR) is 103 cm³/mol. The molecule has 0 unspecified atom stereocenters. The molecular formula is C18H18ClFN4O2S. The van der Waals surface area contributed by atoms with Gasteiger partial charge in [-0.3, -0.25) is 4.79 Å². The Morgan fingerprint density at radius 2 is 2.22 bits per heavy atom. The molecule has 2 heterocycles. The van der Waals surface area contributed by atoms with Gasteiger partial charge in [-0.1, -0.05) is 17.7 Å². The summed E-state index contributed by atoms with van der Waals surface area (Å²) in [6.07, 6.45) is 0. The van der Waals surface area contributed by atoms with Crippen molar-refractivity contribution in [2.75, 3.05) is 6.54 Å². The van der Waals surface area contributed by atoms with E-state index in [0.717, 1.165) is 10.6 Å². The molecule has 0 fully saturated rings. The van der Waals surface area contributed by atoms with Crippen molar-refractivity contribution in [2.24, 2.45) is 5.73 Å². The van der Waals surface area contributed by atoms with Gasteiger partial charge in [-0.15, -0.1) is 11.3 Å². The van der Waals surface area contributed by atoms with Gasteiger partial charge in [-0.2, -0.15) is 0 Å². The minimum atomic E-state index is -0.531. The number of aliphatic hydroxyl groups is 1. The Bertz CT molecular complexity index is 972. The van der Waals surface area contributed by atoms with Gasteiger partial charge in [0.1, 0.15) is 16.5 Å². The smallest absolute Gasteiger partial charge is 0.268 e. The number of thiazole rings is 1. The Hall–Kier alpha value is -2.26. The van der Waals surface area contributed by atoms with Gasteiger partial charge in [0, 0.05) is 17.8 Å². The molecule has 3 rings (SSSR count). The van der Waals surface area contributed by atoms with Gasteiger partial charge < -0.3 is 21.1 Å². The van der Waals surface area contributed by atoms with Crippen molar-refractivity contribution in [3.8, 4) is 11.3 Å². The third-order valence-corrected chi connectivity index (χ3v) is 5.62. The number of amides is 1. The number of nitrogens with one attached hydrogen (secondary N) is 2. The van der Waals surface area contributed by atoms with Gasteiger partial charge in [-0.25, -0.2) is 9.37 Å². The lowest BCUT2D eigenvalue weighted by molar-refractivity contribution is 0.0933. The Labute approximate surface area is 164 Å². The van der Waals surface area contributed by atoms with Gasteiger partial charge >= 0.3 is 0 Å². The third kappa shape index (κ3) is 4.19. The van der Waals surface area contributed by atoms with Crippen LogP contribution in [0.3, 0.4) is 0 Å². The molecule has 1 aromatic carbocycles. The van der Waals surface area contributed by atoms with Crippen LogP contribution in [-0.2, 0) is 6.61 Å². The van der Waals surface area contributed by atoms with Crippen molar-refractivity contribution in [2.45, 2.75) is 19.6 Å². The van der Waals surface area contributed by atoms with Crippen LogP contribution >= 0.6 is 22.9 Å². The normalized spacial score (nSPS) is 12.2. The van der Waals surface area contributed by atoms with E-state index in [4.69, 9.17) is 17.3 Å². The number of aromatic amines is 1. The molecule has 0 aliphatic carbocycles. The molecule has 0 radical (unpaired) electrons. The van der Waals surface area contributed by atoms with E-state index in [1.165, 1.54) is 23.5 Å². The minimum absolute atomic E-state index is 0.0371. The fraction of sp³-hybridized carbons (Fsp3) is 0.222. The summed E-state index contributed by atoms with van der Waals surface area (Å²) in [5.74, 6) is -0.888. The largest absolute Gasteiger partial charge is 0.391 e. The number of nitrogens with two attached hydrogens (primary N) is 1.